The second-order valence-electron chi connectivity index (χ2n) is 5.84. The lowest BCUT2D eigenvalue weighted by atomic mass is 10.1. The van der Waals surface area contributed by atoms with E-state index in [2.05, 4.69) is 10.2 Å². The van der Waals surface area contributed by atoms with Crippen LogP contribution in [0, 0.1) is 6.92 Å². The molecule has 0 bridgehead atoms. The van der Waals surface area contributed by atoms with Gasteiger partial charge < -0.3 is 4.42 Å². The fourth-order valence-corrected chi connectivity index (χ4v) is 4.40. The molecule has 1 saturated heterocycles. The summed E-state index contributed by atoms with van der Waals surface area (Å²) >= 11 is 0. The van der Waals surface area contributed by atoms with Gasteiger partial charge in [-0.15, -0.1) is 10.2 Å². The standard InChI is InChI=1S/C15H19N3O3S/c1-11-3-5-12(6-4-11)15-17-16-14(21-15)9-18(2)13-7-8-22(19,20)10-13/h3-6,13H,7-10H2,1-2H3/t13-/m1/s1. The van der Waals surface area contributed by atoms with Crippen molar-refractivity contribution in [2.75, 3.05) is 18.6 Å². The Hall–Kier alpha value is -1.73. The van der Waals surface area contributed by atoms with Crippen molar-refractivity contribution in [1.29, 1.82) is 0 Å². The van der Waals surface area contributed by atoms with E-state index in [4.69, 9.17) is 4.42 Å². The fraction of sp³-hybridized carbons (Fsp3) is 0.467. The SMILES string of the molecule is Cc1ccc(-c2nnc(CN(C)[C@@H]3CCS(=O)(=O)C3)o2)cc1. The quantitative estimate of drug-likeness (QED) is 0.852. The van der Waals surface area contributed by atoms with Crippen LogP contribution in [-0.4, -0.2) is 48.1 Å². The smallest absolute Gasteiger partial charge is 0.247 e. The van der Waals surface area contributed by atoms with Gasteiger partial charge in [0.1, 0.15) is 0 Å². The summed E-state index contributed by atoms with van der Waals surface area (Å²) in [5.41, 5.74) is 2.06. The zero-order chi connectivity index (χ0) is 15.7. The molecule has 118 valence electrons. The van der Waals surface area contributed by atoms with Gasteiger partial charge >= 0.3 is 0 Å². The van der Waals surface area contributed by atoms with Gasteiger partial charge in [0.15, 0.2) is 9.84 Å². The Labute approximate surface area is 130 Å². The molecule has 0 amide bonds. The van der Waals surface area contributed by atoms with Crippen LogP contribution in [0.5, 0.6) is 0 Å². The summed E-state index contributed by atoms with van der Waals surface area (Å²) in [4.78, 5) is 1.97. The number of nitrogens with zero attached hydrogens (tertiary/aromatic N) is 3. The van der Waals surface area contributed by atoms with Gasteiger partial charge in [0.2, 0.25) is 11.8 Å². The Balaban J connectivity index is 1.68. The van der Waals surface area contributed by atoms with Crippen LogP contribution < -0.4 is 0 Å². The molecule has 1 aromatic carbocycles. The largest absolute Gasteiger partial charge is 0.419 e. The molecule has 3 rings (SSSR count). The zero-order valence-corrected chi connectivity index (χ0v) is 13.5. The molecule has 0 saturated carbocycles. The Morgan fingerprint density at radius 2 is 2.00 bits per heavy atom. The molecule has 7 heteroatoms. The molecule has 0 unspecified atom stereocenters. The van der Waals surface area contributed by atoms with Crippen LogP contribution in [-0.2, 0) is 16.4 Å². The summed E-state index contributed by atoms with van der Waals surface area (Å²) < 4.78 is 28.8. The number of aryl methyl sites for hydroxylation is 1. The van der Waals surface area contributed by atoms with E-state index in [0.29, 0.717) is 24.7 Å². The molecule has 1 fully saturated rings. The van der Waals surface area contributed by atoms with E-state index in [0.717, 1.165) is 5.56 Å². The second-order valence-corrected chi connectivity index (χ2v) is 8.07. The minimum Gasteiger partial charge on any atom is -0.419 e. The van der Waals surface area contributed by atoms with Crippen molar-refractivity contribution in [3.63, 3.8) is 0 Å². The average Bonchev–Trinajstić information content (AvgIpc) is 3.06. The number of rotatable bonds is 4. The lowest BCUT2D eigenvalue weighted by Gasteiger charge is -2.20. The monoisotopic (exact) mass is 321 g/mol. The van der Waals surface area contributed by atoms with Crippen molar-refractivity contribution >= 4 is 9.84 Å². The van der Waals surface area contributed by atoms with Gasteiger partial charge in [0.05, 0.1) is 18.1 Å². The third-order valence-corrected chi connectivity index (χ3v) is 5.73. The van der Waals surface area contributed by atoms with Gasteiger partial charge in [-0.1, -0.05) is 17.7 Å². The molecule has 1 atom stereocenters. The van der Waals surface area contributed by atoms with Gasteiger partial charge in [-0.2, -0.15) is 0 Å². The predicted molar refractivity (Wildman–Crippen MR) is 83.0 cm³/mol. The van der Waals surface area contributed by atoms with E-state index >= 15 is 0 Å². The molecule has 0 N–H and O–H groups in total. The lowest BCUT2D eigenvalue weighted by molar-refractivity contribution is 0.230. The van der Waals surface area contributed by atoms with Crippen molar-refractivity contribution in [2.45, 2.75) is 25.9 Å². The van der Waals surface area contributed by atoms with Crippen LogP contribution in [0.3, 0.4) is 0 Å². The molecule has 1 aromatic heterocycles. The molecule has 1 aliphatic rings. The summed E-state index contributed by atoms with van der Waals surface area (Å²) in [6.07, 6.45) is 0.664. The fourth-order valence-electron chi connectivity index (χ4n) is 2.60. The number of hydrogen-bond donors (Lipinski definition) is 0. The van der Waals surface area contributed by atoms with Crippen LogP contribution >= 0.6 is 0 Å². The van der Waals surface area contributed by atoms with E-state index in [1.54, 1.807) is 0 Å². The van der Waals surface area contributed by atoms with Gasteiger partial charge in [-0.05, 0) is 32.5 Å². The molecular formula is C15H19N3O3S. The third kappa shape index (κ3) is 3.36. The van der Waals surface area contributed by atoms with Gasteiger partial charge in [-0.3, -0.25) is 4.90 Å². The van der Waals surface area contributed by atoms with Crippen molar-refractivity contribution in [1.82, 2.24) is 15.1 Å². The van der Waals surface area contributed by atoms with E-state index < -0.39 is 9.84 Å². The van der Waals surface area contributed by atoms with E-state index in [1.807, 2.05) is 43.1 Å². The number of aromatic nitrogens is 2. The molecule has 0 spiro atoms. The highest BCUT2D eigenvalue weighted by Gasteiger charge is 2.31. The van der Waals surface area contributed by atoms with Crippen LogP contribution in [0.2, 0.25) is 0 Å². The maximum absolute atomic E-state index is 11.5. The number of sulfone groups is 1. The summed E-state index contributed by atoms with van der Waals surface area (Å²) in [5, 5.41) is 8.12. The molecule has 1 aliphatic heterocycles. The van der Waals surface area contributed by atoms with Gasteiger partial charge in [0, 0.05) is 11.6 Å². The van der Waals surface area contributed by atoms with Crippen LogP contribution in [0.1, 0.15) is 17.9 Å². The van der Waals surface area contributed by atoms with Crippen LogP contribution in [0.25, 0.3) is 11.5 Å². The topological polar surface area (TPSA) is 76.3 Å². The van der Waals surface area contributed by atoms with Crippen molar-refractivity contribution in [3.8, 4) is 11.5 Å². The van der Waals surface area contributed by atoms with Crippen molar-refractivity contribution < 1.29 is 12.8 Å². The molecule has 22 heavy (non-hydrogen) atoms. The predicted octanol–water partition coefficient (Wildman–Crippen LogP) is 1.66. The van der Waals surface area contributed by atoms with E-state index in [1.165, 1.54) is 5.56 Å². The minimum absolute atomic E-state index is 0.0275. The molecule has 0 radical (unpaired) electrons. The first kappa shape index (κ1) is 15.2. The van der Waals surface area contributed by atoms with Crippen molar-refractivity contribution in [3.05, 3.63) is 35.7 Å². The lowest BCUT2D eigenvalue weighted by Crippen LogP contribution is -2.32. The van der Waals surface area contributed by atoms with Crippen molar-refractivity contribution in [2.24, 2.45) is 0 Å². The summed E-state index contributed by atoms with van der Waals surface area (Å²) in [6, 6.07) is 7.91. The number of hydrogen-bond acceptors (Lipinski definition) is 6. The van der Waals surface area contributed by atoms with E-state index in [-0.39, 0.29) is 17.5 Å². The summed E-state index contributed by atoms with van der Waals surface area (Å²) in [5.74, 6) is 1.47. The maximum atomic E-state index is 11.5. The third-order valence-electron chi connectivity index (χ3n) is 3.98. The molecule has 0 aliphatic carbocycles. The first-order valence-corrected chi connectivity index (χ1v) is 9.05. The normalized spacial score (nSPS) is 20.6. The first-order valence-electron chi connectivity index (χ1n) is 7.23. The van der Waals surface area contributed by atoms with Gasteiger partial charge in [-0.25, -0.2) is 8.42 Å². The summed E-state index contributed by atoms with van der Waals surface area (Å²) in [7, 11) is -0.993. The highest BCUT2D eigenvalue weighted by Crippen LogP contribution is 2.21. The Bertz CT molecular complexity index is 753. The average molecular weight is 321 g/mol. The van der Waals surface area contributed by atoms with E-state index in [9.17, 15) is 8.42 Å². The zero-order valence-electron chi connectivity index (χ0n) is 12.7. The summed E-state index contributed by atoms with van der Waals surface area (Å²) in [6.45, 7) is 2.48. The molecular weight excluding hydrogens is 302 g/mol. The number of benzene rings is 1. The second kappa shape index (κ2) is 5.81. The Morgan fingerprint density at radius 3 is 2.64 bits per heavy atom. The Kier molecular flexibility index (Phi) is 4.01. The highest BCUT2D eigenvalue weighted by atomic mass is 32.2. The first-order chi connectivity index (χ1) is 10.4. The maximum Gasteiger partial charge on any atom is 0.247 e. The van der Waals surface area contributed by atoms with Gasteiger partial charge in [0.25, 0.3) is 0 Å². The molecule has 2 heterocycles. The molecule has 2 aromatic rings. The highest BCUT2D eigenvalue weighted by molar-refractivity contribution is 7.91. The molecule has 6 nitrogen and oxygen atoms in total. The van der Waals surface area contributed by atoms with Crippen LogP contribution in [0.4, 0.5) is 0 Å². The minimum atomic E-state index is -2.88. The van der Waals surface area contributed by atoms with Crippen LogP contribution in [0.15, 0.2) is 28.7 Å². The Morgan fingerprint density at radius 1 is 1.27 bits per heavy atom.